The summed E-state index contributed by atoms with van der Waals surface area (Å²) >= 11 is 2.21. The Kier molecular flexibility index (Phi) is 1.60. The molecule has 0 saturated heterocycles. The first-order chi connectivity index (χ1) is 5.27. The van der Waals surface area contributed by atoms with Gasteiger partial charge in [-0.3, -0.25) is 0 Å². The molecule has 0 radical (unpaired) electrons. The fourth-order valence-corrected chi connectivity index (χ4v) is 1.66. The maximum atomic E-state index is 11.0. The molecule has 0 bridgehead atoms. The Bertz CT molecular complexity index is 320. The van der Waals surface area contributed by atoms with Crippen LogP contribution >= 0.6 is 22.6 Å². The van der Waals surface area contributed by atoms with Crippen molar-refractivity contribution in [2.24, 2.45) is 0 Å². The van der Waals surface area contributed by atoms with Crippen LogP contribution in [0.15, 0.2) is 18.2 Å². The number of rotatable bonds is 0. The maximum absolute atomic E-state index is 11.0. The van der Waals surface area contributed by atoms with E-state index >= 15 is 0 Å². The molecule has 0 unspecified atom stereocenters. The number of ether oxygens (including phenoxy) is 1. The Labute approximate surface area is 77.7 Å². The predicted octanol–water partition coefficient (Wildman–Crippen LogP) is 1.96. The van der Waals surface area contributed by atoms with E-state index in [0.29, 0.717) is 12.2 Å². The SMILES string of the molecule is O=C1OCc2cc(I)ccc21. The van der Waals surface area contributed by atoms with E-state index in [4.69, 9.17) is 4.74 Å². The number of esters is 1. The fraction of sp³-hybridized carbons (Fsp3) is 0.125. The van der Waals surface area contributed by atoms with Crippen molar-refractivity contribution in [3.63, 3.8) is 0 Å². The van der Waals surface area contributed by atoms with Crippen LogP contribution in [-0.2, 0) is 11.3 Å². The van der Waals surface area contributed by atoms with Crippen LogP contribution in [0, 0.1) is 3.57 Å². The summed E-state index contributed by atoms with van der Waals surface area (Å²) in [6.45, 7) is 0.436. The molecule has 0 spiro atoms. The highest BCUT2D eigenvalue weighted by molar-refractivity contribution is 14.1. The topological polar surface area (TPSA) is 26.3 Å². The van der Waals surface area contributed by atoms with Gasteiger partial charge < -0.3 is 4.74 Å². The minimum atomic E-state index is -0.198. The quantitative estimate of drug-likeness (QED) is 0.526. The molecule has 2 rings (SSSR count). The van der Waals surface area contributed by atoms with Crippen LogP contribution < -0.4 is 0 Å². The number of hydrogen-bond donors (Lipinski definition) is 0. The zero-order valence-electron chi connectivity index (χ0n) is 5.63. The van der Waals surface area contributed by atoms with Crippen molar-refractivity contribution < 1.29 is 9.53 Å². The third kappa shape index (κ3) is 1.13. The second-order valence-corrected chi connectivity index (χ2v) is 3.62. The summed E-state index contributed by atoms with van der Waals surface area (Å²) in [6, 6.07) is 5.69. The predicted molar refractivity (Wildman–Crippen MR) is 48.3 cm³/mol. The van der Waals surface area contributed by atoms with Gasteiger partial charge in [-0.1, -0.05) is 0 Å². The van der Waals surface area contributed by atoms with Gasteiger partial charge in [-0.2, -0.15) is 0 Å². The standard InChI is InChI=1S/C8H5IO2/c9-6-1-2-7-5(3-6)4-11-8(7)10/h1-3H,4H2. The molecular weight excluding hydrogens is 255 g/mol. The van der Waals surface area contributed by atoms with Gasteiger partial charge in [0.05, 0.1) is 5.56 Å². The smallest absolute Gasteiger partial charge is 0.338 e. The fourth-order valence-electron chi connectivity index (χ4n) is 1.10. The lowest BCUT2D eigenvalue weighted by Gasteiger charge is -1.92. The Hall–Kier alpha value is -0.580. The van der Waals surface area contributed by atoms with Crippen molar-refractivity contribution in [1.82, 2.24) is 0 Å². The van der Waals surface area contributed by atoms with E-state index in [1.54, 1.807) is 0 Å². The second-order valence-electron chi connectivity index (χ2n) is 2.38. The van der Waals surface area contributed by atoms with Crippen LogP contribution in [0.3, 0.4) is 0 Å². The highest BCUT2D eigenvalue weighted by Crippen LogP contribution is 2.21. The molecule has 11 heavy (non-hydrogen) atoms. The van der Waals surface area contributed by atoms with Gasteiger partial charge in [-0.05, 0) is 40.8 Å². The van der Waals surface area contributed by atoms with E-state index in [0.717, 1.165) is 9.13 Å². The molecular formula is C8H5IO2. The first-order valence-corrected chi connectivity index (χ1v) is 4.31. The Morgan fingerprint density at radius 1 is 1.45 bits per heavy atom. The van der Waals surface area contributed by atoms with Crippen molar-refractivity contribution in [1.29, 1.82) is 0 Å². The number of carbonyl (C=O) groups is 1. The largest absolute Gasteiger partial charge is 0.457 e. The average Bonchev–Trinajstić information content (AvgIpc) is 2.32. The molecule has 0 atom stereocenters. The van der Waals surface area contributed by atoms with Crippen molar-refractivity contribution in [3.8, 4) is 0 Å². The summed E-state index contributed by atoms with van der Waals surface area (Å²) in [4.78, 5) is 11.0. The lowest BCUT2D eigenvalue weighted by atomic mass is 10.1. The van der Waals surface area contributed by atoms with E-state index in [2.05, 4.69) is 22.6 Å². The van der Waals surface area contributed by atoms with Gasteiger partial charge in [0.2, 0.25) is 0 Å². The van der Waals surface area contributed by atoms with E-state index in [-0.39, 0.29) is 5.97 Å². The molecule has 1 aromatic rings. The summed E-state index contributed by atoms with van der Waals surface area (Å²) in [5, 5.41) is 0. The molecule has 0 aromatic heterocycles. The lowest BCUT2D eigenvalue weighted by Crippen LogP contribution is -1.92. The van der Waals surface area contributed by atoms with E-state index in [1.165, 1.54) is 0 Å². The van der Waals surface area contributed by atoms with Crippen LogP contribution in [0.2, 0.25) is 0 Å². The number of carbonyl (C=O) groups excluding carboxylic acids is 1. The third-order valence-corrected chi connectivity index (χ3v) is 2.32. The molecule has 0 aliphatic carbocycles. The molecule has 56 valence electrons. The maximum Gasteiger partial charge on any atom is 0.338 e. The van der Waals surface area contributed by atoms with Crippen LogP contribution in [-0.4, -0.2) is 5.97 Å². The zero-order chi connectivity index (χ0) is 7.84. The van der Waals surface area contributed by atoms with E-state index in [9.17, 15) is 4.79 Å². The van der Waals surface area contributed by atoms with Gasteiger partial charge in [-0.15, -0.1) is 0 Å². The lowest BCUT2D eigenvalue weighted by molar-refractivity contribution is 0.0535. The molecule has 1 aliphatic heterocycles. The Balaban J connectivity index is 2.59. The summed E-state index contributed by atoms with van der Waals surface area (Å²) in [7, 11) is 0. The van der Waals surface area contributed by atoms with Crippen molar-refractivity contribution in [2.45, 2.75) is 6.61 Å². The minimum absolute atomic E-state index is 0.198. The van der Waals surface area contributed by atoms with Crippen LogP contribution in [0.4, 0.5) is 0 Å². The highest BCUT2D eigenvalue weighted by Gasteiger charge is 2.20. The van der Waals surface area contributed by atoms with Crippen molar-refractivity contribution >= 4 is 28.6 Å². The summed E-state index contributed by atoms with van der Waals surface area (Å²) in [5.74, 6) is -0.198. The van der Waals surface area contributed by atoms with Crippen LogP contribution in [0.5, 0.6) is 0 Å². The van der Waals surface area contributed by atoms with Gasteiger partial charge in [0.25, 0.3) is 0 Å². The third-order valence-electron chi connectivity index (χ3n) is 1.65. The zero-order valence-corrected chi connectivity index (χ0v) is 7.79. The van der Waals surface area contributed by atoms with Gasteiger partial charge in [0.1, 0.15) is 6.61 Å². The van der Waals surface area contributed by atoms with Gasteiger partial charge >= 0.3 is 5.97 Å². The number of benzene rings is 1. The van der Waals surface area contributed by atoms with E-state index < -0.39 is 0 Å². The molecule has 0 amide bonds. The van der Waals surface area contributed by atoms with Crippen molar-refractivity contribution in [3.05, 3.63) is 32.9 Å². The monoisotopic (exact) mass is 260 g/mol. The minimum Gasteiger partial charge on any atom is -0.457 e. The first kappa shape index (κ1) is 7.09. The second kappa shape index (κ2) is 2.48. The Morgan fingerprint density at radius 3 is 3.09 bits per heavy atom. The van der Waals surface area contributed by atoms with Gasteiger partial charge in [0, 0.05) is 9.13 Å². The highest BCUT2D eigenvalue weighted by atomic mass is 127. The number of fused-ring (bicyclic) bond motifs is 1. The van der Waals surface area contributed by atoms with Gasteiger partial charge in [0.15, 0.2) is 0 Å². The molecule has 3 heteroatoms. The Morgan fingerprint density at radius 2 is 2.27 bits per heavy atom. The van der Waals surface area contributed by atoms with Crippen LogP contribution in [0.25, 0.3) is 0 Å². The molecule has 0 saturated carbocycles. The molecule has 1 aliphatic rings. The van der Waals surface area contributed by atoms with Crippen molar-refractivity contribution in [2.75, 3.05) is 0 Å². The normalized spacial score (nSPS) is 14.5. The van der Waals surface area contributed by atoms with E-state index in [1.807, 2.05) is 18.2 Å². The van der Waals surface area contributed by atoms with Crippen LogP contribution in [0.1, 0.15) is 15.9 Å². The summed E-state index contributed by atoms with van der Waals surface area (Å²) in [6.07, 6.45) is 0. The molecule has 0 N–H and O–H groups in total. The molecule has 0 fully saturated rings. The average molecular weight is 260 g/mol. The number of halogens is 1. The molecule has 2 nitrogen and oxygen atoms in total. The summed E-state index contributed by atoms with van der Waals surface area (Å²) in [5.41, 5.74) is 1.72. The molecule has 1 aromatic carbocycles. The summed E-state index contributed by atoms with van der Waals surface area (Å²) < 4.78 is 5.97. The number of hydrogen-bond acceptors (Lipinski definition) is 2. The number of cyclic esters (lactones) is 1. The molecule has 1 heterocycles. The first-order valence-electron chi connectivity index (χ1n) is 3.23. The van der Waals surface area contributed by atoms with Gasteiger partial charge in [-0.25, -0.2) is 4.79 Å².